The second kappa shape index (κ2) is 6.38. The maximum absolute atomic E-state index is 10.5. The molecule has 0 bridgehead atoms. The Bertz CT molecular complexity index is 243. The molecule has 0 fully saturated rings. The quantitative estimate of drug-likeness (QED) is 0.369. The molecular weight excluding hydrogens is 164 g/mol. The molecule has 0 aliphatic rings. The maximum atomic E-state index is 10.5. The van der Waals surface area contributed by atoms with Crippen LogP contribution < -0.4 is 0 Å². The monoisotopic (exact) mass is 180 g/mol. The van der Waals surface area contributed by atoms with Crippen molar-refractivity contribution < 1.29 is 9.59 Å². The van der Waals surface area contributed by atoms with Crippen LogP contribution in [0.3, 0.4) is 0 Å². The van der Waals surface area contributed by atoms with Crippen LogP contribution in [0.5, 0.6) is 0 Å². The highest BCUT2D eigenvalue weighted by atomic mass is 16.1. The zero-order chi connectivity index (χ0) is 10.3. The van der Waals surface area contributed by atoms with Crippen LogP contribution in [0.2, 0.25) is 0 Å². The Kier molecular flexibility index (Phi) is 5.82. The van der Waals surface area contributed by atoms with E-state index < -0.39 is 0 Å². The lowest BCUT2D eigenvalue weighted by Crippen LogP contribution is -1.95. The van der Waals surface area contributed by atoms with E-state index in [2.05, 4.69) is 0 Å². The van der Waals surface area contributed by atoms with Crippen LogP contribution in [0.25, 0.3) is 0 Å². The van der Waals surface area contributed by atoms with E-state index in [1.165, 1.54) is 6.08 Å². The van der Waals surface area contributed by atoms with Gasteiger partial charge in [0.05, 0.1) is 0 Å². The van der Waals surface area contributed by atoms with Crippen LogP contribution in [0.15, 0.2) is 17.2 Å². The third kappa shape index (κ3) is 5.15. The van der Waals surface area contributed by atoms with Crippen LogP contribution in [-0.2, 0) is 9.59 Å². The molecule has 2 nitrogen and oxygen atoms in total. The topological polar surface area (TPSA) is 34.1 Å². The van der Waals surface area contributed by atoms with Crippen LogP contribution in [0.4, 0.5) is 0 Å². The molecule has 0 N–H and O–H groups in total. The van der Waals surface area contributed by atoms with Crippen molar-refractivity contribution in [3.8, 4) is 0 Å². The lowest BCUT2D eigenvalue weighted by atomic mass is 9.98. The molecule has 0 aliphatic carbocycles. The van der Waals surface area contributed by atoms with E-state index in [1.807, 2.05) is 26.7 Å². The molecule has 72 valence electrons. The Balaban J connectivity index is 4.08. The predicted molar refractivity (Wildman–Crippen MR) is 53.1 cm³/mol. The SMILES string of the molecule is CC(=CC=O)CCC(=C=O)C(C)C. The zero-order valence-electron chi connectivity index (χ0n) is 8.46. The standard InChI is InChI=1S/C11H16O2/c1-9(2)11(8-13)5-4-10(3)6-7-12/h6-7,9H,4-5H2,1-3H3. The summed E-state index contributed by atoms with van der Waals surface area (Å²) >= 11 is 0. The molecule has 0 aromatic heterocycles. The summed E-state index contributed by atoms with van der Waals surface area (Å²) in [5.74, 6) is 2.20. The highest BCUT2D eigenvalue weighted by molar-refractivity contribution is 5.65. The summed E-state index contributed by atoms with van der Waals surface area (Å²) in [5.41, 5.74) is 1.79. The van der Waals surface area contributed by atoms with E-state index in [1.54, 1.807) is 0 Å². The summed E-state index contributed by atoms with van der Waals surface area (Å²) in [6.07, 6.45) is 3.77. The fourth-order valence-electron chi connectivity index (χ4n) is 0.989. The molecule has 0 radical (unpaired) electrons. The lowest BCUT2D eigenvalue weighted by Gasteiger charge is -2.05. The molecule has 0 amide bonds. The molecule has 0 aromatic rings. The van der Waals surface area contributed by atoms with Gasteiger partial charge in [0.15, 0.2) is 0 Å². The van der Waals surface area contributed by atoms with Crippen molar-refractivity contribution >= 4 is 12.2 Å². The molecule has 0 spiro atoms. The number of aldehydes is 1. The summed E-state index contributed by atoms with van der Waals surface area (Å²) in [6, 6.07) is 0. The van der Waals surface area contributed by atoms with Gasteiger partial charge in [-0.3, -0.25) is 4.79 Å². The first-order valence-corrected chi connectivity index (χ1v) is 4.46. The Morgan fingerprint density at radius 3 is 2.38 bits per heavy atom. The molecular formula is C11H16O2. The van der Waals surface area contributed by atoms with E-state index >= 15 is 0 Å². The predicted octanol–water partition coefficient (Wildman–Crippen LogP) is 2.33. The summed E-state index contributed by atoms with van der Waals surface area (Å²) < 4.78 is 0. The molecule has 0 aliphatic heterocycles. The first-order chi connectivity index (χ1) is 6.11. The van der Waals surface area contributed by atoms with Crippen LogP contribution in [0, 0.1) is 5.92 Å². The van der Waals surface area contributed by atoms with Gasteiger partial charge in [0.2, 0.25) is 0 Å². The summed E-state index contributed by atoms with van der Waals surface area (Å²) in [5, 5.41) is 0. The van der Waals surface area contributed by atoms with Crippen molar-refractivity contribution in [1.29, 1.82) is 0 Å². The van der Waals surface area contributed by atoms with Crippen LogP contribution >= 0.6 is 0 Å². The van der Waals surface area contributed by atoms with Gasteiger partial charge in [-0.1, -0.05) is 19.4 Å². The van der Waals surface area contributed by atoms with Gasteiger partial charge in [0, 0.05) is 5.57 Å². The molecule has 0 rings (SSSR count). The van der Waals surface area contributed by atoms with Crippen molar-refractivity contribution in [2.45, 2.75) is 33.6 Å². The van der Waals surface area contributed by atoms with Gasteiger partial charge in [0.25, 0.3) is 0 Å². The van der Waals surface area contributed by atoms with E-state index in [4.69, 9.17) is 0 Å². The molecule has 0 aromatic carbocycles. The van der Waals surface area contributed by atoms with E-state index in [9.17, 15) is 9.59 Å². The first-order valence-electron chi connectivity index (χ1n) is 4.46. The van der Waals surface area contributed by atoms with Crippen molar-refractivity contribution in [2.75, 3.05) is 0 Å². The third-order valence-electron chi connectivity index (χ3n) is 1.97. The molecule has 0 unspecified atom stereocenters. The van der Waals surface area contributed by atoms with Gasteiger partial charge >= 0.3 is 0 Å². The van der Waals surface area contributed by atoms with Crippen molar-refractivity contribution in [3.05, 3.63) is 17.2 Å². The summed E-state index contributed by atoms with van der Waals surface area (Å²) in [4.78, 5) is 20.6. The minimum atomic E-state index is 0.251. The number of hydrogen-bond donors (Lipinski definition) is 0. The average molecular weight is 180 g/mol. The minimum Gasteiger partial charge on any atom is -0.299 e. The fraction of sp³-hybridized carbons (Fsp3) is 0.545. The largest absolute Gasteiger partial charge is 0.299 e. The van der Waals surface area contributed by atoms with E-state index in [0.29, 0.717) is 6.42 Å². The van der Waals surface area contributed by atoms with Gasteiger partial charge in [-0.2, -0.15) is 0 Å². The van der Waals surface area contributed by atoms with Gasteiger partial charge in [0.1, 0.15) is 12.2 Å². The van der Waals surface area contributed by atoms with Crippen molar-refractivity contribution in [2.24, 2.45) is 5.92 Å². The number of rotatable bonds is 5. The average Bonchev–Trinajstić information content (AvgIpc) is 2.05. The van der Waals surface area contributed by atoms with E-state index in [0.717, 1.165) is 23.9 Å². The fourth-order valence-corrected chi connectivity index (χ4v) is 0.989. The van der Waals surface area contributed by atoms with Gasteiger partial charge < -0.3 is 0 Å². The third-order valence-corrected chi connectivity index (χ3v) is 1.97. The highest BCUT2D eigenvalue weighted by Gasteiger charge is 2.03. The number of hydrogen-bond acceptors (Lipinski definition) is 2. The van der Waals surface area contributed by atoms with E-state index in [-0.39, 0.29) is 5.92 Å². The smallest absolute Gasteiger partial charge is 0.142 e. The Labute approximate surface area is 79.3 Å². The zero-order valence-corrected chi connectivity index (χ0v) is 8.46. The molecule has 0 saturated heterocycles. The first kappa shape index (κ1) is 11.9. The minimum absolute atomic E-state index is 0.251. The number of allylic oxidation sites excluding steroid dienone is 3. The van der Waals surface area contributed by atoms with Crippen LogP contribution in [0.1, 0.15) is 33.6 Å². The second-order valence-electron chi connectivity index (χ2n) is 3.43. The second-order valence-corrected chi connectivity index (χ2v) is 3.43. The van der Waals surface area contributed by atoms with Crippen LogP contribution in [-0.4, -0.2) is 12.2 Å². The molecule has 0 saturated carbocycles. The summed E-state index contributed by atoms with van der Waals surface area (Å²) in [6.45, 7) is 5.83. The molecule has 0 heterocycles. The number of carbonyl (C=O) groups excluding carboxylic acids is 2. The van der Waals surface area contributed by atoms with Gasteiger partial charge in [-0.25, -0.2) is 4.79 Å². The molecule has 2 heteroatoms. The Morgan fingerprint density at radius 1 is 1.38 bits per heavy atom. The van der Waals surface area contributed by atoms with Crippen molar-refractivity contribution in [1.82, 2.24) is 0 Å². The molecule has 0 atom stereocenters. The summed E-state index contributed by atoms with van der Waals surface area (Å²) in [7, 11) is 0. The van der Waals surface area contributed by atoms with Crippen molar-refractivity contribution in [3.63, 3.8) is 0 Å². The highest BCUT2D eigenvalue weighted by Crippen LogP contribution is 2.15. The lowest BCUT2D eigenvalue weighted by molar-refractivity contribution is -0.104. The maximum Gasteiger partial charge on any atom is 0.142 e. The van der Waals surface area contributed by atoms with Gasteiger partial charge in [-0.05, 0) is 31.8 Å². The normalized spacial score (nSPS) is 11.2. The van der Waals surface area contributed by atoms with Gasteiger partial charge in [-0.15, -0.1) is 0 Å². The molecule has 13 heavy (non-hydrogen) atoms. The Morgan fingerprint density at radius 2 is 2.00 bits per heavy atom. The Hall–Kier alpha value is -1.14. The number of carbonyl (C=O) groups is 1.